The summed E-state index contributed by atoms with van der Waals surface area (Å²) in [5.74, 6) is -0.696. The molecule has 0 bridgehead atoms. The van der Waals surface area contributed by atoms with Crippen LogP contribution in [0.2, 0.25) is 0 Å². The number of halogens is 3. The van der Waals surface area contributed by atoms with Crippen LogP contribution in [-0.4, -0.2) is 31.2 Å². The maximum Gasteiger partial charge on any atom is 0.451 e. The predicted molar refractivity (Wildman–Crippen MR) is 95.1 cm³/mol. The highest BCUT2D eigenvalue weighted by Crippen LogP contribution is 2.33. The highest BCUT2D eigenvalue weighted by Gasteiger charge is 2.35. The van der Waals surface area contributed by atoms with Crippen LogP contribution in [-0.2, 0) is 6.18 Å². The molecule has 0 saturated carbocycles. The number of benzene rings is 2. The maximum absolute atomic E-state index is 13.2. The van der Waals surface area contributed by atoms with E-state index in [-0.39, 0.29) is 11.3 Å². The van der Waals surface area contributed by atoms with Gasteiger partial charge < -0.3 is 15.0 Å². The van der Waals surface area contributed by atoms with Crippen LogP contribution in [0.4, 0.5) is 30.4 Å². The molecular formula is C18H17F3N4O. The number of nitrogens with one attached hydrogen (secondary N) is 1. The number of hydrogen-bond donors (Lipinski definition) is 1. The van der Waals surface area contributed by atoms with E-state index in [4.69, 9.17) is 4.74 Å². The molecular weight excluding hydrogens is 345 g/mol. The van der Waals surface area contributed by atoms with Gasteiger partial charge in [-0.05, 0) is 36.4 Å². The van der Waals surface area contributed by atoms with Crippen molar-refractivity contribution in [2.24, 2.45) is 0 Å². The van der Waals surface area contributed by atoms with Crippen molar-refractivity contribution in [2.45, 2.75) is 6.18 Å². The summed E-state index contributed by atoms with van der Waals surface area (Å²) in [4.78, 5) is 9.24. The fourth-order valence-electron chi connectivity index (χ4n) is 2.44. The van der Waals surface area contributed by atoms with Crippen molar-refractivity contribution in [3.05, 3.63) is 48.3 Å². The smallest absolute Gasteiger partial charge is 0.451 e. The summed E-state index contributed by atoms with van der Waals surface area (Å²) in [5.41, 5.74) is 1.75. The van der Waals surface area contributed by atoms with Gasteiger partial charge in [-0.25, -0.2) is 9.97 Å². The second kappa shape index (κ2) is 6.70. The molecule has 1 heterocycles. The molecule has 0 spiro atoms. The normalized spacial score (nSPS) is 11.5. The molecule has 0 unspecified atom stereocenters. The fourth-order valence-corrected chi connectivity index (χ4v) is 2.44. The first-order valence-electron chi connectivity index (χ1n) is 7.75. The second-order valence-electron chi connectivity index (χ2n) is 5.84. The Morgan fingerprint density at radius 1 is 1.00 bits per heavy atom. The van der Waals surface area contributed by atoms with E-state index in [0.29, 0.717) is 16.8 Å². The van der Waals surface area contributed by atoms with Gasteiger partial charge in [0.15, 0.2) is 0 Å². The lowest BCUT2D eigenvalue weighted by molar-refractivity contribution is -0.144. The Balaban J connectivity index is 2.08. The third-order valence-corrected chi connectivity index (χ3v) is 3.80. The SMILES string of the molecule is COc1ccc2c(Nc3ccc(N(C)C)cc3)nc(C(F)(F)F)nc2c1. The minimum absolute atomic E-state index is 0.0857. The molecule has 3 aromatic rings. The average molecular weight is 362 g/mol. The molecule has 0 fully saturated rings. The van der Waals surface area contributed by atoms with Crippen molar-refractivity contribution in [1.29, 1.82) is 0 Å². The fraction of sp³-hybridized carbons (Fsp3) is 0.222. The molecule has 0 aliphatic carbocycles. The third-order valence-electron chi connectivity index (χ3n) is 3.80. The van der Waals surface area contributed by atoms with Crippen LogP contribution < -0.4 is 15.0 Å². The molecule has 1 N–H and O–H groups in total. The number of aromatic nitrogens is 2. The van der Waals surface area contributed by atoms with E-state index in [1.165, 1.54) is 13.2 Å². The second-order valence-corrected chi connectivity index (χ2v) is 5.84. The largest absolute Gasteiger partial charge is 0.497 e. The number of nitrogens with zero attached hydrogens (tertiary/aromatic N) is 3. The summed E-state index contributed by atoms with van der Waals surface area (Å²) < 4.78 is 44.6. The van der Waals surface area contributed by atoms with E-state index in [0.717, 1.165) is 5.69 Å². The highest BCUT2D eigenvalue weighted by molar-refractivity contribution is 5.91. The summed E-state index contributed by atoms with van der Waals surface area (Å²) in [6, 6.07) is 12.0. The molecule has 8 heteroatoms. The van der Waals surface area contributed by atoms with Gasteiger partial charge in [-0.3, -0.25) is 0 Å². The number of ether oxygens (including phenoxy) is 1. The van der Waals surface area contributed by atoms with Gasteiger partial charge >= 0.3 is 6.18 Å². The number of alkyl halides is 3. The van der Waals surface area contributed by atoms with Gasteiger partial charge in [0.05, 0.1) is 12.6 Å². The molecule has 3 rings (SSSR count). The zero-order chi connectivity index (χ0) is 18.9. The van der Waals surface area contributed by atoms with Crippen LogP contribution in [0.3, 0.4) is 0 Å². The number of hydrogen-bond acceptors (Lipinski definition) is 5. The first kappa shape index (κ1) is 17.8. The topological polar surface area (TPSA) is 50.3 Å². The van der Waals surface area contributed by atoms with Gasteiger partial charge in [-0.1, -0.05) is 0 Å². The molecule has 2 aromatic carbocycles. The van der Waals surface area contributed by atoms with Gasteiger partial charge in [0.1, 0.15) is 11.6 Å². The van der Waals surface area contributed by atoms with Crippen molar-refractivity contribution in [3.63, 3.8) is 0 Å². The van der Waals surface area contributed by atoms with E-state index < -0.39 is 12.0 Å². The van der Waals surface area contributed by atoms with Gasteiger partial charge in [-0.15, -0.1) is 0 Å². The minimum atomic E-state index is -4.65. The van der Waals surface area contributed by atoms with Gasteiger partial charge in [0.25, 0.3) is 0 Å². The Morgan fingerprint density at radius 2 is 1.69 bits per heavy atom. The lowest BCUT2D eigenvalue weighted by Gasteiger charge is -2.15. The molecule has 0 aliphatic heterocycles. The summed E-state index contributed by atoms with van der Waals surface area (Å²) in [7, 11) is 5.26. The first-order valence-corrected chi connectivity index (χ1v) is 7.75. The van der Waals surface area contributed by atoms with Crippen LogP contribution in [0.5, 0.6) is 5.75 Å². The van der Waals surface area contributed by atoms with Crippen molar-refractivity contribution >= 4 is 28.1 Å². The molecule has 0 amide bonds. The van der Waals surface area contributed by atoms with Gasteiger partial charge in [-0.2, -0.15) is 13.2 Å². The molecule has 1 aromatic heterocycles. The Kier molecular flexibility index (Phi) is 4.58. The summed E-state index contributed by atoms with van der Waals surface area (Å²) in [6.07, 6.45) is -4.65. The minimum Gasteiger partial charge on any atom is -0.497 e. The van der Waals surface area contributed by atoms with Crippen LogP contribution >= 0.6 is 0 Å². The number of anilines is 3. The number of fused-ring (bicyclic) bond motifs is 1. The quantitative estimate of drug-likeness (QED) is 0.742. The van der Waals surface area contributed by atoms with Gasteiger partial charge in [0, 0.05) is 36.9 Å². The lowest BCUT2D eigenvalue weighted by atomic mass is 10.2. The Morgan fingerprint density at radius 3 is 2.27 bits per heavy atom. The van der Waals surface area contributed by atoms with Crippen LogP contribution in [0, 0.1) is 0 Å². The predicted octanol–water partition coefficient (Wildman–Crippen LogP) is 4.47. The number of methoxy groups -OCH3 is 1. The molecule has 0 atom stereocenters. The highest BCUT2D eigenvalue weighted by atomic mass is 19.4. The summed E-state index contributed by atoms with van der Waals surface area (Å²) >= 11 is 0. The van der Waals surface area contributed by atoms with E-state index in [2.05, 4.69) is 15.3 Å². The van der Waals surface area contributed by atoms with Crippen LogP contribution in [0.25, 0.3) is 10.9 Å². The lowest BCUT2D eigenvalue weighted by Crippen LogP contribution is -2.13. The van der Waals surface area contributed by atoms with E-state index in [9.17, 15) is 13.2 Å². The number of rotatable bonds is 4. The zero-order valence-electron chi connectivity index (χ0n) is 14.4. The molecule has 0 radical (unpaired) electrons. The van der Waals surface area contributed by atoms with Crippen molar-refractivity contribution in [1.82, 2.24) is 9.97 Å². The average Bonchev–Trinajstić information content (AvgIpc) is 2.60. The van der Waals surface area contributed by atoms with Crippen LogP contribution in [0.1, 0.15) is 5.82 Å². The van der Waals surface area contributed by atoms with Crippen molar-refractivity contribution < 1.29 is 17.9 Å². The monoisotopic (exact) mass is 362 g/mol. The Labute approximate surface area is 148 Å². The molecule has 0 saturated heterocycles. The van der Waals surface area contributed by atoms with E-state index in [1.807, 2.05) is 31.1 Å². The molecule has 5 nitrogen and oxygen atoms in total. The van der Waals surface area contributed by atoms with Crippen molar-refractivity contribution in [3.8, 4) is 5.75 Å². The van der Waals surface area contributed by atoms with Gasteiger partial charge in [0.2, 0.25) is 5.82 Å². The maximum atomic E-state index is 13.2. The molecule has 0 aliphatic rings. The molecule has 136 valence electrons. The first-order chi connectivity index (χ1) is 12.3. The Bertz CT molecular complexity index is 924. The Hall–Kier alpha value is -3.03. The summed E-state index contributed by atoms with van der Waals surface area (Å²) in [5, 5.41) is 3.42. The van der Waals surface area contributed by atoms with Crippen LogP contribution in [0.15, 0.2) is 42.5 Å². The zero-order valence-corrected chi connectivity index (χ0v) is 14.4. The van der Waals surface area contributed by atoms with E-state index >= 15 is 0 Å². The van der Waals surface area contributed by atoms with Crippen molar-refractivity contribution in [2.75, 3.05) is 31.4 Å². The standard InChI is InChI=1S/C18H17F3N4O/c1-25(2)12-6-4-11(5-7-12)22-16-14-9-8-13(26-3)10-15(14)23-17(24-16)18(19,20)21/h4-10H,1-3H3,(H,22,23,24). The molecule has 26 heavy (non-hydrogen) atoms. The third kappa shape index (κ3) is 3.63. The van der Waals surface area contributed by atoms with E-state index in [1.54, 1.807) is 24.3 Å². The summed E-state index contributed by atoms with van der Waals surface area (Å²) in [6.45, 7) is 0.